The molecule has 1 aliphatic carbocycles. The van der Waals surface area contributed by atoms with Crippen LogP contribution in [0.25, 0.3) is 0 Å². The van der Waals surface area contributed by atoms with Gasteiger partial charge in [-0.3, -0.25) is 4.79 Å². The van der Waals surface area contributed by atoms with E-state index >= 15 is 0 Å². The van der Waals surface area contributed by atoms with Gasteiger partial charge in [-0.25, -0.2) is 0 Å². The third-order valence-electron chi connectivity index (χ3n) is 3.44. The zero-order valence-corrected chi connectivity index (χ0v) is 9.23. The van der Waals surface area contributed by atoms with Crippen molar-refractivity contribution in [3.8, 4) is 0 Å². The lowest BCUT2D eigenvalue weighted by Crippen LogP contribution is -2.48. The summed E-state index contributed by atoms with van der Waals surface area (Å²) in [6.07, 6.45) is 3.32. The van der Waals surface area contributed by atoms with Gasteiger partial charge in [0.15, 0.2) is 0 Å². The molecule has 1 saturated carbocycles. The second kappa shape index (κ2) is 3.42. The lowest BCUT2D eigenvalue weighted by Gasteiger charge is -2.37. The topological polar surface area (TPSA) is 46.5 Å². The highest BCUT2D eigenvalue weighted by atomic mass is 32.2. The maximum absolute atomic E-state index is 11.6. The summed E-state index contributed by atoms with van der Waals surface area (Å²) in [6.45, 7) is 0. The van der Waals surface area contributed by atoms with E-state index in [9.17, 15) is 9.90 Å². The SMILES string of the molecule is COC(=O)C1(C2(O)CCCSC2)CC1. The molecule has 80 valence electrons. The van der Waals surface area contributed by atoms with Crippen LogP contribution in [0.15, 0.2) is 0 Å². The fourth-order valence-electron chi connectivity index (χ4n) is 2.34. The summed E-state index contributed by atoms with van der Waals surface area (Å²) in [5, 5.41) is 10.4. The second-order valence-electron chi connectivity index (χ2n) is 4.26. The van der Waals surface area contributed by atoms with Gasteiger partial charge in [-0.05, 0) is 31.4 Å². The molecule has 0 radical (unpaired) electrons. The fourth-order valence-corrected chi connectivity index (χ4v) is 3.59. The monoisotopic (exact) mass is 216 g/mol. The fraction of sp³-hybridized carbons (Fsp3) is 0.900. The predicted molar refractivity (Wildman–Crippen MR) is 55.2 cm³/mol. The smallest absolute Gasteiger partial charge is 0.314 e. The van der Waals surface area contributed by atoms with Crippen molar-refractivity contribution in [3.63, 3.8) is 0 Å². The van der Waals surface area contributed by atoms with Crippen LogP contribution in [0.3, 0.4) is 0 Å². The third kappa shape index (κ3) is 1.36. The maximum Gasteiger partial charge on any atom is 0.314 e. The summed E-state index contributed by atoms with van der Waals surface area (Å²) < 4.78 is 4.79. The third-order valence-corrected chi connectivity index (χ3v) is 4.70. The molecule has 1 unspecified atom stereocenters. The lowest BCUT2D eigenvalue weighted by atomic mass is 9.82. The molecule has 14 heavy (non-hydrogen) atoms. The van der Waals surface area contributed by atoms with Gasteiger partial charge in [-0.2, -0.15) is 11.8 Å². The number of methoxy groups -OCH3 is 1. The molecule has 0 bridgehead atoms. The standard InChI is InChI=1S/C10H16O3S/c1-13-8(11)9(4-5-9)10(12)3-2-6-14-7-10/h12H,2-7H2,1H3. The van der Waals surface area contributed by atoms with Crippen molar-refractivity contribution in [1.29, 1.82) is 0 Å². The largest absolute Gasteiger partial charge is 0.469 e. The first-order valence-corrected chi connectivity index (χ1v) is 6.19. The molecule has 2 aliphatic rings. The van der Waals surface area contributed by atoms with Crippen LogP contribution in [0.2, 0.25) is 0 Å². The number of hydrogen-bond donors (Lipinski definition) is 1. The molecular formula is C10H16O3S. The Morgan fingerprint density at radius 1 is 1.43 bits per heavy atom. The van der Waals surface area contributed by atoms with E-state index < -0.39 is 11.0 Å². The first kappa shape index (κ1) is 10.3. The summed E-state index contributed by atoms with van der Waals surface area (Å²) in [7, 11) is 1.40. The van der Waals surface area contributed by atoms with Crippen molar-refractivity contribution in [2.24, 2.45) is 5.41 Å². The summed E-state index contributed by atoms with van der Waals surface area (Å²) in [6, 6.07) is 0. The quantitative estimate of drug-likeness (QED) is 0.704. The lowest BCUT2D eigenvalue weighted by molar-refractivity contribution is -0.158. The first-order valence-electron chi connectivity index (χ1n) is 5.03. The Balaban J connectivity index is 2.15. The number of hydrogen-bond acceptors (Lipinski definition) is 4. The minimum absolute atomic E-state index is 0.220. The number of esters is 1. The predicted octanol–water partition coefficient (Wildman–Crippen LogP) is 1.20. The van der Waals surface area contributed by atoms with Gasteiger partial charge < -0.3 is 9.84 Å². The molecule has 2 fully saturated rings. The summed E-state index contributed by atoms with van der Waals surface area (Å²) in [4.78, 5) is 11.6. The average Bonchev–Trinajstić information content (AvgIpc) is 2.99. The highest BCUT2D eigenvalue weighted by molar-refractivity contribution is 7.99. The van der Waals surface area contributed by atoms with Crippen LogP contribution in [0.5, 0.6) is 0 Å². The minimum atomic E-state index is -0.803. The van der Waals surface area contributed by atoms with Gasteiger partial charge in [0.1, 0.15) is 0 Å². The molecule has 2 rings (SSSR count). The van der Waals surface area contributed by atoms with E-state index in [-0.39, 0.29) is 5.97 Å². The zero-order valence-electron chi connectivity index (χ0n) is 8.41. The number of ether oxygens (including phenoxy) is 1. The van der Waals surface area contributed by atoms with Crippen LogP contribution in [-0.4, -0.2) is 35.3 Å². The van der Waals surface area contributed by atoms with Gasteiger partial charge in [0.2, 0.25) is 0 Å². The van der Waals surface area contributed by atoms with Crippen LogP contribution in [0, 0.1) is 5.41 Å². The Labute approximate surface area is 88.2 Å². The van der Waals surface area contributed by atoms with Crippen molar-refractivity contribution in [2.75, 3.05) is 18.6 Å². The highest BCUT2D eigenvalue weighted by Gasteiger charge is 2.64. The van der Waals surface area contributed by atoms with E-state index in [0.29, 0.717) is 5.75 Å². The van der Waals surface area contributed by atoms with Crippen LogP contribution >= 0.6 is 11.8 Å². The van der Waals surface area contributed by atoms with Gasteiger partial charge in [0.25, 0.3) is 0 Å². The Morgan fingerprint density at radius 2 is 2.14 bits per heavy atom. The van der Waals surface area contributed by atoms with Crippen molar-refractivity contribution < 1.29 is 14.6 Å². The van der Waals surface area contributed by atoms with Crippen molar-refractivity contribution in [3.05, 3.63) is 0 Å². The van der Waals surface area contributed by atoms with Crippen molar-refractivity contribution in [1.82, 2.24) is 0 Å². The molecule has 0 aromatic rings. The van der Waals surface area contributed by atoms with Crippen molar-refractivity contribution in [2.45, 2.75) is 31.3 Å². The average molecular weight is 216 g/mol. The molecule has 0 amide bonds. The van der Waals surface area contributed by atoms with E-state index in [1.807, 2.05) is 0 Å². The van der Waals surface area contributed by atoms with Gasteiger partial charge in [0.05, 0.1) is 18.1 Å². The molecule has 0 aromatic heterocycles. The highest BCUT2D eigenvalue weighted by Crippen LogP contribution is 2.58. The maximum atomic E-state index is 11.6. The van der Waals surface area contributed by atoms with E-state index in [1.54, 1.807) is 11.8 Å². The molecule has 1 heterocycles. The van der Waals surface area contributed by atoms with Crippen LogP contribution in [0.4, 0.5) is 0 Å². The molecule has 4 heteroatoms. The zero-order chi connectivity index (χ0) is 10.2. The number of thioether (sulfide) groups is 1. The number of aliphatic hydroxyl groups is 1. The number of carbonyl (C=O) groups excluding carboxylic acids is 1. The Bertz CT molecular complexity index is 242. The van der Waals surface area contributed by atoms with E-state index in [1.165, 1.54) is 7.11 Å². The normalized spacial score (nSPS) is 35.0. The van der Waals surface area contributed by atoms with E-state index in [4.69, 9.17) is 4.74 Å². The van der Waals surface area contributed by atoms with E-state index in [2.05, 4.69) is 0 Å². The summed E-state index contributed by atoms with van der Waals surface area (Å²) in [5.74, 6) is 1.56. The van der Waals surface area contributed by atoms with Gasteiger partial charge >= 0.3 is 5.97 Å². The van der Waals surface area contributed by atoms with Crippen LogP contribution < -0.4 is 0 Å². The molecular weight excluding hydrogens is 200 g/mol. The molecule has 1 N–H and O–H groups in total. The minimum Gasteiger partial charge on any atom is -0.469 e. The number of rotatable bonds is 2. The second-order valence-corrected chi connectivity index (χ2v) is 5.37. The molecule has 1 aliphatic heterocycles. The summed E-state index contributed by atoms with van der Waals surface area (Å²) in [5.41, 5.74) is -1.36. The first-order chi connectivity index (χ1) is 6.65. The Kier molecular flexibility index (Phi) is 2.52. The van der Waals surface area contributed by atoms with Gasteiger partial charge in [-0.1, -0.05) is 0 Å². The molecule has 3 nitrogen and oxygen atoms in total. The van der Waals surface area contributed by atoms with Crippen LogP contribution in [0.1, 0.15) is 25.7 Å². The number of carbonyl (C=O) groups is 1. The van der Waals surface area contributed by atoms with Gasteiger partial charge in [0, 0.05) is 5.75 Å². The van der Waals surface area contributed by atoms with E-state index in [0.717, 1.165) is 31.4 Å². The van der Waals surface area contributed by atoms with Crippen LogP contribution in [-0.2, 0) is 9.53 Å². The summed E-state index contributed by atoms with van der Waals surface area (Å²) >= 11 is 1.74. The Morgan fingerprint density at radius 3 is 2.57 bits per heavy atom. The molecule has 0 aromatic carbocycles. The Hall–Kier alpha value is -0.220. The van der Waals surface area contributed by atoms with Gasteiger partial charge in [-0.15, -0.1) is 0 Å². The van der Waals surface area contributed by atoms with Crippen molar-refractivity contribution >= 4 is 17.7 Å². The molecule has 0 spiro atoms. The molecule has 1 atom stereocenters. The molecule has 1 saturated heterocycles.